The van der Waals surface area contributed by atoms with Crippen molar-refractivity contribution in [1.82, 2.24) is 0 Å². The number of nitrogens with one attached hydrogen (secondary N) is 1. The zero-order valence-corrected chi connectivity index (χ0v) is 15.6. The van der Waals surface area contributed by atoms with E-state index in [1.54, 1.807) is 26.0 Å². The topological polar surface area (TPSA) is 120 Å². The van der Waals surface area contributed by atoms with Crippen LogP contribution in [0.1, 0.15) is 28.6 Å². The van der Waals surface area contributed by atoms with E-state index >= 15 is 0 Å². The minimum absolute atomic E-state index is 0.110. The average molecular weight is 388 g/mol. The number of aryl methyl sites for hydroxylation is 2. The Balaban J connectivity index is 2.03. The highest BCUT2D eigenvalue weighted by Gasteiger charge is 2.20. The number of sulfonamides is 1. The number of anilines is 1. The summed E-state index contributed by atoms with van der Waals surface area (Å²) < 4.78 is 33.2. The number of nitro groups is 1. The molecule has 3 aromatic rings. The molecule has 0 aliphatic rings. The lowest BCUT2D eigenvalue weighted by molar-refractivity contribution is -0.384. The first-order valence-electron chi connectivity index (χ1n) is 7.92. The van der Waals surface area contributed by atoms with Gasteiger partial charge in [0.2, 0.25) is 0 Å². The first kappa shape index (κ1) is 18.6. The number of nitro benzene ring substituents is 1. The van der Waals surface area contributed by atoms with E-state index in [1.165, 1.54) is 6.92 Å². The highest BCUT2D eigenvalue weighted by Crippen LogP contribution is 2.32. The molecular weight excluding hydrogens is 372 g/mol. The van der Waals surface area contributed by atoms with Crippen molar-refractivity contribution in [2.24, 2.45) is 0 Å². The maximum Gasteiger partial charge on any atom is 0.269 e. The third-order valence-corrected chi connectivity index (χ3v) is 5.51. The number of ketones is 1. The van der Waals surface area contributed by atoms with Crippen molar-refractivity contribution in [2.75, 3.05) is 4.72 Å². The van der Waals surface area contributed by atoms with Crippen LogP contribution < -0.4 is 4.72 Å². The standard InChI is InChI=1S/C18H16N2O6S/c1-10-8-13(9-16-17(11(2)21)12(3)26-18(10)16)19-27(24,25)15-6-4-14(5-7-15)20(22)23/h4-9,19H,1-3H3. The summed E-state index contributed by atoms with van der Waals surface area (Å²) in [6, 6.07) is 7.70. The highest BCUT2D eigenvalue weighted by molar-refractivity contribution is 7.92. The number of nitrogens with zero attached hydrogens (tertiary/aromatic N) is 1. The van der Waals surface area contributed by atoms with Crippen LogP contribution in [0.25, 0.3) is 11.0 Å². The van der Waals surface area contributed by atoms with Gasteiger partial charge in [0, 0.05) is 23.2 Å². The first-order chi connectivity index (χ1) is 12.6. The van der Waals surface area contributed by atoms with Gasteiger partial charge in [-0.3, -0.25) is 19.6 Å². The molecule has 0 spiro atoms. The molecule has 1 heterocycles. The quantitative estimate of drug-likeness (QED) is 0.401. The van der Waals surface area contributed by atoms with Crippen LogP contribution in [0.4, 0.5) is 11.4 Å². The summed E-state index contributed by atoms with van der Waals surface area (Å²) in [5.74, 6) is 0.289. The molecular formula is C18H16N2O6S. The number of Topliss-reactive ketones (excluding diaryl/α,β-unsaturated/α-hetero) is 1. The highest BCUT2D eigenvalue weighted by atomic mass is 32.2. The second kappa shape index (κ2) is 6.51. The zero-order chi connectivity index (χ0) is 19.9. The molecule has 0 saturated carbocycles. The Morgan fingerprint density at radius 1 is 1.15 bits per heavy atom. The molecule has 0 atom stereocenters. The molecule has 1 N–H and O–H groups in total. The Labute approximate surface area is 155 Å². The van der Waals surface area contributed by atoms with E-state index in [0.29, 0.717) is 27.9 Å². The van der Waals surface area contributed by atoms with Gasteiger partial charge in [-0.15, -0.1) is 0 Å². The summed E-state index contributed by atoms with van der Waals surface area (Å²) in [4.78, 5) is 21.9. The maximum absolute atomic E-state index is 12.6. The third kappa shape index (κ3) is 3.41. The normalized spacial score (nSPS) is 11.5. The Bertz CT molecular complexity index is 1180. The average Bonchev–Trinajstić information content (AvgIpc) is 2.91. The fourth-order valence-electron chi connectivity index (χ4n) is 2.95. The minimum atomic E-state index is -3.96. The molecule has 0 radical (unpaired) electrons. The smallest absolute Gasteiger partial charge is 0.269 e. The molecule has 0 aliphatic heterocycles. The van der Waals surface area contributed by atoms with Crippen molar-refractivity contribution in [1.29, 1.82) is 0 Å². The Hall–Kier alpha value is -3.20. The van der Waals surface area contributed by atoms with Crippen molar-refractivity contribution in [2.45, 2.75) is 25.7 Å². The van der Waals surface area contributed by atoms with Crippen LogP contribution in [-0.2, 0) is 10.0 Å². The van der Waals surface area contributed by atoms with Gasteiger partial charge in [0.15, 0.2) is 5.78 Å². The van der Waals surface area contributed by atoms with Crippen LogP contribution in [0.3, 0.4) is 0 Å². The van der Waals surface area contributed by atoms with E-state index in [-0.39, 0.29) is 22.1 Å². The number of benzene rings is 2. The van der Waals surface area contributed by atoms with Crippen LogP contribution in [0.5, 0.6) is 0 Å². The van der Waals surface area contributed by atoms with Gasteiger partial charge in [-0.2, -0.15) is 0 Å². The molecule has 2 aromatic carbocycles. The summed E-state index contributed by atoms with van der Waals surface area (Å²) >= 11 is 0. The van der Waals surface area contributed by atoms with Crippen molar-refractivity contribution in [3.05, 3.63) is 63.4 Å². The first-order valence-corrected chi connectivity index (χ1v) is 9.40. The van der Waals surface area contributed by atoms with Crippen LogP contribution in [0, 0.1) is 24.0 Å². The van der Waals surface area contributed by atoms with Gasteiger partial charge in [-0.1, -0.05) is 0 Å². The van der Waals surface area contributed by atoms with Crippen LogP contribution >= 0.6 is 0 Å². The molecule has 27 heavy (non-hydrogen) atoms. The van der Waals surface area contributed by atoms with Gasteiger partial charge in [0.25, 0.3) is 15.7 Å². The number of hydrogen-bond acceptors (Lipinski definition) is 6. The second-order valence-corrected chi connectivity index (χ2v) is 7.80. The lowest BCUT2D eigenvalue weighted by atomic mass is 10.0. The molecule has 3 rings (SSSR count). The Morgan fingerprint density at radius 2 is 1.78 bits per heavy atom. The Kier molecular flexibility index (Phi) is 4.48. The van der Waals surface area contributed by atoms with Crippen LogP contribution in [-0.4, -0.2) is 19.1 Å². The molecule has 140 valence electrons. The molecule has 0 saturated heterocycles. The minimum Gasteiger partial charge on any atom is -0.460 e. The van der Waals surface area contributed by atoms with Gasteiger partial charge in [-0.05, 0) is 50.6 Å². The molecule has 0 aliphatic carbocycles. The van der Waals surface area contributed by atoms with E-state index < -0.39 is 14.9 Å². The predicted octanol–water partition coefficient (Wildman–Crippen LogP) is 3.96. The lowest BCUT2D eigenvalue weighted by Gasteiger charge is -2.09. The second-order valence-electron chi connectivity index (χ2n) is 6.12. The number of fused-ring (bicyclic) bond motifs is 1. The number of carbonyl (C=O) groups excluding carboxylic acids is 1. The summed E-state index contributed by atoms with van der Waals surface area (Å²) in [6.45, 7) is 4.84. The summed E-state index contributed by atoms with van der Waals surface area (Å²) in [7, 11) is -3.96. The van der Waals surface area contributed by atoms with E-state index in [1.807, 2.05) is 0 Å². The number of furan rings is 1. The molecule has 0 fully saturated rings. The number of non-ortho nitro benzene ring substituents is 1. The van der Waals surface area contributed by atoms with Gasteiger partial charge in [0.1, 0.15) is 11.3 Å². The molecule has 0 unspecified atom stereocenters. The van der Waals surface area contributed by atoms with E-state index in [2.05, 4.69) is 4.72 Å². The number of hydrogen-bond donors (Lipinski definition) is 1. The fourth-order valence-corrected chi connectivity index (χ4v) is 3.99. The fraction of sp³-hybridized carbons (Fsp3) is 0.167. The van der Waals surface area contributed by atoms with E-state index in [0.717, 1.165) is 24.3 Å². The largest absolute Gasteiger partial charge is 0.460 e. The van der Waals surface area contributed by atoms with Crippen molar-refractivity contribution in [3.63, 3.8) is 0 Å². The molecule has 1 aromatic heterocycles. The monoisotopic (exact) mass is 388 g/mol. The maximum atomic E-state index is 12.6. The molecule has 8 nitrogen and oxygen atoms in total. The SMILES string of the molecule is CC(=O)c1c(C)oc2c(C)cc(NS(=O)(=O)c3ccc([N+](=O)[O-])cc3)cc12. The summed E-state index contributed by atoms with van der Waals surface area (Å²) in [5, 5.41) is 11.2. The van der Waals surface area contributed by atoms with Gasteiger partial charge >= 0.3 is 0 Å². The Morgan fingerprint density at radius 3 is 2.33 bits per heavy atom. The van der Waals surface area contributed by atoms with Crippen molar-refractivity contribution in [3.8, 4) is 0 Å². The molecule has 0 amide bonds. The summed E-state index contributed by atoms with van der Waals surface area (Å²) in [6.07, 6.45) is 0. The number of carbonyl (C=O) groups is 1. The van der Waals surface area contributed by atoms with E-state index in [4.69, 9.17) is 4.42 Å². The van der Waals surface area contributed by atoms with E-state index in [9.17, 15) is 23.3 Å². The summed E-state index contributed by atoms with van der Waals surface area (Å²) in [5.41, 5.74) is 1.66. The zero-order valence-electron chi connectivity index (χ0n) is 14.8. The molecule has 9 heteroatoms. The third-order valence-electron chi connectivity index (χ3n) is 4.11. The van der Waals surface area contributed by atoms with Gasteiger partial charge in [0.05, 0.1) is 15.4 Å². The predicted molar refractivity (Wildman–Crippen MR) is 99.6 cm³/mol. The molecule has 0 bridgehead atoms. The van der Waals surface area contributed by atoms with Gasteiger partial charge < -0.3 is 4.42 Å². The van der Waals surface area contributed by atoms with Crippen LogP contribution in [0.15, 0.2) is 45.7 Å². The lowest BCUT2D eigenvalue weighted by Crippen LogP contribution is -2.13. The number of rotatable bonds is 5. The van der Waals surface area contributed by atoms with Crippen molar-refractivity contribution < 1.29 is 22.6 Å². The van der Waals surface area contributed by atoms with Gasteiger partial charge in [-0.25, -0.2) is 8.42 Å². The van der Waals surface area contributed by atoms with Crippen molar-refractivity contribution >= 4 is 38.2 Å². The van der Waals surface area contributed by atoms with Crippen LogP contribution in [0.2, 0.25) is 0 Å².